The van der Waals surface area contributed by atoms with Crippen molar-refractivity contribution >= 4 is 22.4 Å². The number of nitrogens with zero attached hydrogens (tertiary/aromatic N) is 3. The number of hydrogen-bond acceptors (Lipinski definition) is 5. The number of nitriles is 1. The van der Waals surface area contributed by atoms with Gasteiger partial charge in [-0.15, -0.1) is 0 Å². The Morgan fingerprint density at radius 1 is 1.60 bits per heavy atom. The van der Waals surface area contributed by atoms with E-state index in [9.17, 15) is 0 Å². The van der Waals surface area contributed by atoms with Crippen LogP contribution in [0.4, 0.5) is 10.8 Å². The summed E-state index contributed by atoms with van der Waals surface area (Å²) in [6.45, 7) is 5.29. The summed E-state index contributed by atoms with van der Waals surface area (Å²) in [5, 5.41) is 9.80. The van der Waals surface area contributed by atoms with Crippen LogP contribution in [-0.2, 0) is 0 Å². The molecule has 0 aliphatic heterocycles. The molecule has 82 valence electrons. The van der Waals surface area contributed by atoms with Crippen LogP contribution >= 0.6 is 11.5 Å². The predicted molar refractivity (Wildman–Crippen MR) is 64.0 cm³/mol. The van der Waals surface area contributed by atoms with Gasteiger partial charge in [-0.05, 0) is 23.9 Å². The van der Waals surface area contributed by atoms with Crippen molar-refractivity contribution in [2.24, 2.45) is 5.92 Å². The molecule has 0 radical (unpaired) electrons. The van der Waals surface area contributed by atoms with Crippen LogP contribution in [-0.4, -0.2) is 18.0 Å². The number of hydrogen-bond donors (Lipinski definition) is 1. The molecule has 2 N–H and O–H groups in total. The first-order valence-corrected chi connectivity index (χ1v) is 5.70. The van der Waals surface area contributed by atoms with Crippen molar-refractivity contribution in [3.63, 3.8) is 0 Å². The molecule has 0 aliphatic carbocycles. The van der Waals surface area contributed by atoms with E-state index in [1.165, 1.54) is 11.5 Å². The number of nitrogens with two attached hydrogens (primary N) is 1. The Morgan fingerprint density at radius 3 is 2.80 bits per heavy atom. The topological polar surface area (TPSA) is 65.9 Å². The summed E-state index contributed by atoms with van der Waals surface area (Å²) in [6.07, 6.45) is 1.10. The van der Waals surface area contributed by atoms with Crippen LogP contribution in [0.25, 0.3) is 0 Å². The van der Waals surface area contributed by atoms with Gasteiger partial charge in [0.15, 0.2) is 5.82 Å². The molecule has 0 atom stereocenters. The van der Waals surface area contributed by atoms with Crippen molar-refractivity contribution in [3.05, 3.63) is 5.56 Å². The first kappa shape index (κ1) is 11.8. The Morgan fingerprint density at radius 2 is 2.27 bits per heavy atom. The molecule has 4 nitrogen and oxygen atoms in total. The Labute approximate surface area is 94.5 Å². The molecule has 1 aromatic heterocycles. The fraction of sp³-hybridized carbons (Fsp3) is 0.600. The molecule has 0 bridgehead atoms. The minimum atomic E-state index is 0.342. The van der Waals surface area contributed by atoms with Crippen LogP contribution in [0.5, 0.6) is 0 Å². The first-order chi connectivity index (χ1) is 7.06. The third kappa shape index (κ3) is 2.83. The molecule has 0 amide bonds. The third-order valence-electron chi connectivity index (χ3n) is 2.20. The fourth-order valence-electron chi connectivity index (χ4n) is 1.21. The van der Waals surface area contributed by atoms with Crippen molar-refractivity contribution in [2.75, 3.05) is 24.2 Å². The van der Waals surface area contributed by atoms with Crippen LogP contribution < -0.4 is 10.6 Å². The largest absolute Gasteiger partial charge is 0.382 e. The standard InChI is InChI=1S/C10H16N4S/c1-7(2)4-5-14(3)10-8(6-11)9(12)13-15-10/h7H,4-5H2,1-3H3,(H2,12,13). The average molecular weight is 224 g/mol. The van der Waals surface area contributed by atoms with Crippen LogP contribution in [0.3, 0.4) is 0 Å². The molecule has 5 heteroatoms. The zero-order valence-corrected chi connectivity index (χ0v) is 10.1. The molecule has 0 spiro atoms. The highest BCUT2D eigenvalue weighted by molar-refractivity contribution is 7.10. The zero-order chi connectivity index (χ0) is 11.4. The van der Waals surface area contributed by atoms with Crippen molar-refractivity contribution in [1.82, 2.24) is 4.37 Å². The van der Waals surface area contributed by atoms with E-state index in [1.807, 2.05) is 11.9 Å². The van der Waals surface area contributed by atoms with E-state index >= 15 is 0 Å². The quantitative estimate of drug-likeness (QED) is 0.850. The Hall–Kier alpha value is -1.28. The van der Waals surface area contributed by atoms with E-state index in [0.29, 0.717) is 17.3 Å². The predicted octanol–water partition coefficient (Wildman–Crippen LogP) is 2.08. The summed E-state index contributed by atoms with van der Waals surface area (Å²) in [4.78, 5) is 2.05. The second-order valence-corrected chi connectivity index (χ2v) is 4.72. The van der Waals surface area contributed by atoms with E-state index in [-0.39, 0.29) is 0 Å². The number of anilines is 2. The van der Waals surface area contributed by atoms with Crippen LogP contribution in [0.15, 0.2) is 0 Å². The highest BCUT2D eigenvalue weighted by Gasteiger charge is 2.14. The average Bonchev–Trinajstić information content (AvgIpc) is 2.55. The van der Waals surface area contributed by atoms with Gasteiger partial charge in [-0.3, -0.25) is 0 Å². The molecule has 15 heavy (non-hydrogen) atoms. The van der Waals surface area contributed by atoms with Gasteiger partial charge in [0.25, 0.3) is 0 Å². The maximum Gasteiger partial charge on any atom is 0.157 e. The van der Waals surface area contributed by atoms with Gasteiger partial charge >= 0.3 is 0 Å². The van der Waals surface area contributed by atoms with E-state index in [2.05, 4.69) is 24.3 Å². The summed E-state index contributed by atoms with van der Waals surface area (Å²) in [6, 6.07) is 2.09. The third-order valence-corrected chi connectivity index (χ3v) is 3.18. The number of rotatable bonds is 4. The second-order valence-electron chi connectivity index (χ2n) is 3.96. The summed E-state index contributed by atoms with van der Waals surface area (Å²) in [5.74, 6) is 0.997. The molecule has 1 heterocycles. The molecule has 1 rings (SSSR count). The summed E-state index contributed by atoms with van der Waals surface area (Å²) >= 11 is 1.29. The lowest BCUT2D eigenvalue weighted by Gasteiger charge is -2.17. The number of aromatic nitrogens is 1. The molecule has 0 saturated heterocycles. The van der Waals surface area contributed by atoms with Crippen LogP contribution in [0, 0.1) is 17.2 Å². The minimum absolute atomic E-state index is 0.342. The van der Waals surface area contributed by atoms with Gasteiger partial charge in [0.1, 0.15) is 16.6 Å². The monoisotopic (exact) mass is 224 g/mol. The molecule has 0 unspecified atom stereocenters. The zero-order valence-electron chi connectivity index (χ0n) is 9.32. The van der Waals surface area contributed by atoms with Gasteiger partial charge in [-0.1, -0.05) is 13.8 Å². The fourth-order valence-corrected chi connectivity index (χ4v) is 1.96. The van der Waals surface area contributed by atoms with Gasteiger partial charge in [-0.2, -0.15) is 9.64 Å². The lowest BCUT2D eigenvalue weighted by molar-refractivity contribution is 0.586. The SMILES string of the molecule is CC(C)CCN(C)c1snc(N)c1C#N. The van der Waals surface area contributed by atoms with Crippen molar-refractivity contribution in [3.8, 4) is 6.07 Å². The molecule has 0 aromatic carbocycles. The first-order valence-electron chi connectivity index (χ1n) is 4.92. The molecule has 0 fully saturated rings. The Kier molecular flexibility index (Phi) is 3.92. The van der Waals surface area contributed by atoms with E-state index in [4.69, 9.17) is 11.0 Å². The van der Waals surface area contributed by atoms with Crippen LogP contribution in [0.2, 0.25) is 0 Å². The number of nitrogen functional groups attached to an aromatic ring is 1. The molecular formula is C10H16N4S. The normalized spacial score (nSPS) is 10.3. The lowest BCUT2D eigenvalue weighted by Crippen LogP contribution is -2.19. The minimum Gasteiger partial charge on any atom is -0.382 e. The summed E-state index contributed by atoms with van der Waals surface area (Å²) in [7, 11) is 1.97. The van der Waals surface area contributed by atoms with Gasteiger partial charge in [-0.25, -0.2) is 0 Å². The smallest absolute Gasteiger partial charge is 0.157 e. The second kappa shape index (κ2) is 4.99. The summed E-state index contributed by atoms with van der Waals surface area (Å²) < 4.78 is 3.99. The van der Waals surface area contributed by atoms with Gasteiger partial charge in [0, 0.05) is 13.6 Å². The van der Waals surface area contributed by atoms with Crippen molar-refractivity contribution < 1.29 is 0 Å². The molecule has 0 saturated carbocycles. The van der Waals surface area contributed by atoms with Crippen molar-refractivity contribution in [1.29, 1.82) is 5.26 Å². The Bertz CT molecular complexity index is 364. The highest BCUT2D eigenvalue weighted by atomic mass is 32.1. The van der Waals surface area contributed by atoms with Gasteiger partial charge < -0.3 is 10.6 Å². The highest BCUT2D eigenvalue weighted by Crippen LogP contribution is 2.28. The van der Waals surface area contributed by atoms with Crippen LogP contribution in [0.1, 0.15) is 25.8 Å². The maximum absolute atomic E-state index is 8.92. The Balaban J connectivity index is 2.74. The van der Waals surface area contributed by atoms with Gasteiger partial charge in [0.2, 0.25) is 0 Å². The van der Waals surface area contributed by atoms with E-state index < -0.39 is 0 Å². The van der Waals surface area contributed by atoms with E-state index in [1.54, 1.807) is 0 Å². The van der Waals surface area contributed by atoms with Gasteiger partial charge in [0.05, 0.1) is 0 Å². The molecule has 0 aliphatic rings. The van der Waals surface area contributed by atoms with Crippen molar-refractivity contribution in [2.45, 2.75) is 20.3 Å². The molecule has 1 aromatic rings. The molecular weight excluding hydrogens is 208 g/mol. The maximum atomic E-state index is 8.92. The summed E-state index contributed by atoms with van der Waals surface area (Å²) in [5.41, 5.74) is 6.10. The lowest BCUT2D eigenvalue weighted by atomic mass is 10.1. The van der Waals surface area contributed by atoms with E-state index in [0.717, 1.165) is 18.0 Å².